The van der Waals surface area contributed by atoms with Gasteiger partial charge in [0.2, 0.25) is 11.8 Å². The smallest absolute Gasteiger partial charge is 0.261 e. The predicted molar refractivity (Wildman–Crippen MR) is 208 cm³/mol. The minimum Gasteiger partial charge on any atom is -0.507 e. The van der Waals surface area contributed by atoms with E-state index in [0.29, 0.717) is 30.4 Å². The predicted octanol–water partition coefficient (Wildman–Crippen LogP) is 6.76. The maximum atomic E-state index is 14.2. The van der Waals surface area contributed by atoms with Gasteiger partial charge < -0.3 is 19.7 Å². The zero-order valence-corrected chi connectivity index (χ0v) is 32.1. The number of likely N-dealkylation sites (tertiary alicyclic amines) is 1. The van der Waals surface area contributed by atoms with Crippen molar-refractivity contribution >= 4 is 36.6 Å². The van der Waals surface area contributed by atoms with Crippen molar-refractivity contribution in [2.24, 2.45) is 17.8 Å². The van der Waals surface area contributed by atoms with E-state index in [2.05, 4.69) is 45.0 Å². The Bertz CT molecular complexity index is 1740. The van der Waals surface area contributed by atoms with Crippen LogP contribution in [-0.4, -0.2) is 65.7 Å². The number of hydrogen-bond acceptors (Lipinski definition) is 6. The Morgan fingerprint density at radius 1 is 0.904 bits per heavy atom. The molecule has 52 heavy (non-hydrogen) atoms. The standard InChI is InChI=1S/C44H55NO6Si/c1-30(26-31-16-14-15-23-38(31)47)24-25-39(48)40-32(27-36-41(37(40)28-46)43(50)45(42(36)49)33-17-8-5-9-18-33)29-51-52(44(2,3)4,34-19-10-6-11-20-34)35-21-12-7-13-22-35/h6-7,10-16,19-23,26,33,36-37,39,41,46-48H,5,8-9,17-18,24-25,27-29H2,1-4H3/b30-26+/t36-,37+,39-,41-/m1/s1. The minimum atomic E-state index is -2.99. The van der Waals surface area contributed by atoms with Gasteiger partial charge in [0.25, 0.3) is 8.32 Å². The Labute approximate surface area is 310 Å². The minimum absolute atomic E-state index is 0.105. The summed E-state index contributed by atoms with van der Waals surface area (Å²) in [6.07, 6.45) is 6.89. The third-order valence-corrected chi connectivity index (χ3v) is 16.7. The molecule has 1 heterocycles. The van der Waals surface area contributed by atoms with Crippen LogP contribution in [-0.2, 0) is 14.0 Å². The van der Waals surface area contributed by atoms with Crippen molar-refractivity contribution < 1.29 is 29.3 Å². The van der Waals surface area contributed by atoms with Crippen LogP contribution in [0.25, 0.3) is 6.08 Å². The van der Waals surface area contributed by atoms with E-state index in [1.807, 2.05) is 61.5 Å². The maximum Gasteiger partial charge on any atom is 0.261 e. The van der Waals surface area contributed by atoms with E-state index in [-0.39, 0.29) is 41.9 Å². The van der Waals surface area contributed by atoms with Gasteiger partial charge in [-0.1, -0.05) is 131 Å². The van der Waals surface area contributed by atoms with Crippen LogP contribution in [0.3, 0.4) is 0 Å². The van der Waals surface area contributed by atoms with E-state index in [4.69, 9.17) is 4.43 Å². The normalized spacial score (nSPS) is 22.5. The number of imide groups is 1. The zero-order chi connectivity index (χ0) is 37.0. The van der Waals surface area contributed by atoms with Crippen LogP contribution in [0, 0.1) is 17.8 Å². The lowest BCUT2D eigenvalue weighted by Gasteiger charge is -2.44. The molecule has 0 radical (unpaired) electrons. The monoisotopic (exact) mass is 721 g/mol. The number of aliphatic hydroxyl groups is 2. The molecule has 3 aromatic rings. The van der Waals surface area contributed by atoms with Crippen LogP contribution in [0.4, 0.5) is 0 Å². The zero-order valence-electron chi connectivity index (χ0n) is 31.1. The first kappa shape index (κ1) is 37.9. The number of benzene rings is 3. The molecule has 2 fully saturated rings. The molecule has 6 rings (SSSR count). The number of aliphatic hydroxyl groups excluding tert-OH is 2. The van der Waals surface area contributed by atoms with Crippen molar-refractivity contribution in [1.82, 2.24) is 4.90 Å². The van der Waals surface area contributed by atoms with E-state index >= 15 is 0 Å². The van der Waals surface area contributed by atoms with Gasteiger partial charge in [0.05, 0.1) is 31.2 Å². The number of carbonyl (C=O) groups excluding carboxylic acids is 2. The van der Waals surface area contributed by atoms with Crippen molar-refractivity contribution in [3.63, 3.8) is 0 Å². The summed E-state index contributed by atoms with van der Waals surface area (Å²) >= 11 is 0. The summed E-state index contributed by atoms with van der Waals surface area (Å²) in [6, 6.07) is 27.8. The van der Waals surface area contributed by atoms with Gasteiger partial charge in [0.1, 0.15) is 5.75 Å². The molecule has 0 aromatic heterocycles. The molecule has 2 aliphatic carbocycles. The summed E-state index contributed by atoms with van der Waals surface area (Å²) in [5.74, 6) is -2.15. The van der Waals surface area contributed by atoms with Gasteiger partial charge in [-0.05, 0) is 71.7 Å². The summed E-state index contributed by atoms with van der Waals surface area (Å²) < 4.78 is 7.39. The fraction of sp³-hybridized carbons (Fsp3) is 0.455. The topological polar surface area (TPSA) is 107 Å². The largest absolute Gasteiger partial charge is 0.507 e. The molecule has 3 aliphatic rings. The number of phenols is 1. The Morgan fingerprint density at radius 3 is 2.08 bits per heavy atom. The molecule has 1 aliphatic heterocycles. The second kappa shape index (κ2) is 16.0. The lowest BCUT2D eigenvalue weighted by molar-refractivity contribution is -0.143. The van der Waals surface area contributed by atoms with Gasteiger partial charge in [0, 0.05) is 17.5 Å². The number of phenolic OH excluding ortho intramolecular Hbond substituents is 1. The van der Waals surface area contributed by atoms with Gasteiger partial charge in [-0.3, -0.25) is 14.5 Å². The number of allylic oxidation sites excluding steroid dienone is 1. The molecule has 3 aromatic carbocycles. The summed E-state index contributed by atoms with van der Waals surface area (Å²) in [4.78, 5) is 30.0. The van der Waals surface area contributed by atoms with E-state index in [0.717, 1.165) is 53.6 Å². The molecule has 4 atom stereocenters. The van der Waals surface area contributed by atoms with Gasteiger partial charge in [0.15, 0.2) is 0 Å². The van der Waals surface area contributed by atoms with Gasteiger partial charge in [-0.25, -0.2) is 0 Å². The first-order valence-corrected chi connectivity index (χ1v) is 21.0. The third kappa shape index (κ3) is 7.36. The average molecular weight is 722 g/mol. The second-order valence-corrected chi connectivity index (χ2v) is 20.4. The number of aromatic hydroxyl groups is 1. The van der Waals surface area contributed by atoms with Gasteiger partial charge in [-0.2, -0.15) is 0 Å². The Balaban J connectivity index is 1.40. The summed E-state index contributed by atoms with van der Waals surface area (Å²) in [5.41, 5.74) is 3.15. The fourth-order valence-corrected chi connectivity index (χ4v) is 13.8. The van der Waals surface area contributed by atoms with Crippen LogP contribution >= 0.6 is 0 Å². The third-order valence-electron chi connectivity index (χ3n) is 11.7. The summed E-state index contributed by atoms with van der Waals surface area (Å²) in [7, 11) is -2.99. The van der Waals surface area contributed by atoms with E-state index < -0.39 is 32.2 Å². The highest BCUT2D eigenvalue weighted by Gasteiger charge is 2.57. The van der Waals surface area contributed by atoms with E-state index in [1.165, 1.54) is 4.90 Å². The number of fused-ring (bicyclic) bond motifs is 1. The molecule has 8 heteroatoms. The summed E-state index contributed by atoms with van der Waals surface area (Å²) in [6.45, 7) is 8.46. The van der Waals surface area contributed by atoms with Crippen molar-refractivity contribution in [2.75, 3.05) is 13.2 Å². The molecule has 0 unspecified atom stereocenters. The van der Waals surface area contributed by atoms with Crippen LogP contribution in [0.5, 0.6) is 5.75 Å². The lowest BCUT2D eigenvalue weighted by atomic mass is 9.68. The fourth-order valence-electron chi connectivity index (χ4n) is 9.24. The first-order chi connectivity index (χ1) is 25.0. The van der Waals surface area contributed by atoms with Crippen molar-refractivity contribution in [3.05, 3.63) is 107 Å². The highest BCUT2D eigenvalue weighted by Crippen LogP contribution is 2.48. The lowest BCUT2D eigenvalue weighted by Crippen LogP contribution is -2.66. The molecule has 7 nitrogen and oxygen atoms in total. The van der Waals surface area contributed by atoms with Gasteiger partial charge in [-0.15, -0.1) is 0 Å². The van der Waals surface area contributed by atoms with E-state index in [9.17, 15) is 24.9 Å². The van der Waals surface area contributed by atoms with Gasteiger partial charge >= 0.3 is 0 Å². The quantitative estimate of drug-likeness (QED) is 0.109. The number of carbonyl (C=O) groups is 2. The average Bonchev–Trinajstić information content (AvgIpc) is 3.40. The Kier molecular flexibility index (Phi) is 11.7. The first-order valence-electron chi connectivity index (χ1n) is 19.1. The number of amides is 2. The van der Waals surface area contributed by atoms with Crippen molar-refractivity contribution in [2.45, 2.75) is 96.2 Å². The Hall–Kier alpha value is -3.82. The number of rotatable bonds is 12. The molecule has 0 bridgehead atoms. The molecular weight excluding hydrogens is 667 g/mol. The molecule has 3 N–H and O–H groups in total. The second-order valence-electron chi connectivity index (χ2n) is 16.1. The highest BCUT2D eigenvalue weighted by atomic mass is 28.4. The molecule has 1 saturated carbocycles. The van der Waals surface area contributed by atoms with E-state index in [1.54, 1.807) is 12.1 Å². The van der Waals surface area contributed by atoms with Crippen molar-refractivity contribution in [3.8, 4) is 5.75 Å². The van der Waals surface area contributed by atoms with Crippen LogP contribution in [0.2, 0.25) is 5.04 Å². The molecule has 2 amide bonds. The number of nitrogens with zero attached hydrogens (tertiary/aromatic N) is 1. The number of para-hydroxylation sites is 1. The van der Waals surface area contributed by atoms with Crippen LogP contribution in [0.1, 0.15) is 84.6 Å². The molecular formula is C44H55NO6Si. The number of hydrogen-bond donors (Lipinski definition) is 3. The highest BCUT2D eigenvalue weighted by molar-refractivity contribution is 6.99. The summed E-state index contributed by atoms with van der Waals surface area (Å²) in [5, 5.41) is 35.5. The molecule has 276 valence electrons. The molecule has 0 spiro atoms. The Morgan fingerprint density at radius 2 is 1.50 bits per heavy atom. The van der Waals surface area contributed by atoms with Crippen molar-refractivity contribution in [1.29, 1.82) is 0 Å². The molecule has 1 saturated heterocycles. The SMILES string of the molecule is C/C(=C\c1ccccc1O)CC[C@@H](O)C1=C(CO[Si](c2ccccc2)(c2ccccc2)C(C)(C)C)C[C@H]2C(=O)N(C3CCCCC3)C(=O)[C@H]2[C@H]1CO. The maximum absolute atomic E-state index is 14.2. The van der Waals surface area contributed by atoms with Crippen LogP contribution < -0.4 is 10.4 Å². The van der Waals surface area contributed by atoms with Crippen LogP contribution in [0.15, 0.2) is 102 Å².